The molecule has 0 atom stereocenters. The number of rotatable bonds is 7. The number of aromatic nitrogens is 2. The Morgan fingerprint density at radius 3 is 2.46 bits per heavy atom. The summed E-state index contributed by atoms with van der Waals surface area (Å²) >= 11 is 0. The van der Waals surface area contributed by atoms with Gasteiger partial charge in [0.2, 0.25) is 5.95 Å². The molecule has 12 heteroatoms. The Balaban J connectivity index is 2.15. The average Bonchev–Trinajstić information content (AvgIpc) is 2.51. The van der Waals surface area contributed by atoms with Crippen LogP contribution in [0.3, 0.4) is 0 Å². The summed E-state index contributed by atoms with van der Waals surface area (Å²) < 4.78 is 40.1. The number of alkyl halides is 3. The molecule has 0 saturated carbocycles. The molecule has 1 rings (SSSR count). The minimum Gasteiger partial charge on any atom is -0.456 e. The van der Waals surface area contributed by atoms with E-state index in [1.807, 2.05) is 0 Å². The van der Waals surface area contributed by atoms with E-state index in [-0.39, 0.29) is 13.0 Å². The lowest BCUT2D eigenvalue weighted by molar-refractivity contribution is -0.148. The van der Waals surface area contributed by atoms with E-state index in [0.717, 1.165) is 0 Å². The zero-order valence-corrected chi connectivity index (χ0v) is 12.2. The molecule has 24 heavy (non-hydrogen) atoms. The van der Waals surface area contributed by atoms with Gasteiger partial charge in [0, 0.05) is 18.9 Å². The van der Waals surface area contributed by atoms with Crippen LogP contribution in [0.5, 0.6) is 0 Å². The third kappa shape index (κ3) is 9.17. The van der Waals surface area contributed by atoms with Crippen LogP contribution in [0.2, 0.25) is 0 Å². The molecule has 1 aromatic heterocycles. The molecule has 9 nitrogen and oxygen atoms in total. The van der Waals surface area contributed by atoms with Crippen molar-refractivity contribution in [2.45, 2.75) is 12.6 Å². The van der Waals surface area contributed by atoms with Crippen LogP contribution < -0.4 is 16.0 Å². The minimum atomic E-state index is -4.59. The fourth-order valence-corrected chi connectivity index (χ4v) is 1.27. The molecule has 0 aliphatic rings. The number of esters is 1. The van der Waals surface area contributed by atoms with Gasteiger partial charge < -0.3 is 15.4 Å². The minimum absolute atomic E-state index is 0.105. The largest absolute Gasteiger partial charge is 0.456 e. The van der Waals surface area contributed by atoms with Crippen molar-refractivity contribution in [1.82, 2.24) is 20.6 Å². The number of anilines is 1. The van der Waals surface area contributed by atoms with Crippen molar-refractivity contribution in [3.05, 3.63) is 18.5 Å². The first kappa shape index (κ1) is 19.1. The van der Waals surface area contributed by atoms with E-state index < -0.39 is 37.2 Å². The zero-order valence-electron chi connectivity index (χ0n) is 12.2. The van der Waals surface area contributed by atoms with Gasteiger partial charge in [-0.05, 0) is 6.07 Å². The number of halogens is 3. The van der Waals surface area contributed by atoms with E-state index >= 15 is 0 Å². The summed E-state index contributed by atoms with van der Waals surface area (Å²) in [5, 5.41) is 5.75. The number of hydrogen-bond donors (Lipinski definition) is 3. The van der Waals surface area contributed by atoms with Crippen molar-refractivity contribution < 1.29 is 32.3 Å². The fourth-order valence-electron chi connectivity index (χ4n) is 1.27. The van der Waals surface area contributed by atoms with E-state index in [1.54, 1.807) is 11.4 Å². The lowest BCUT2D eigenvalue weighted by atomic mass is 10.4. The molecular formula is C12H14F3N5O4. The lowest BCUT2D eigenvalue weighted by Crippen LogP contribution is -2.44. The van der Waals surface area contributed by atoms with Crippen LogP contribution in [0, 0.1) is 0 Å². The third-order valence-electron chi connectivity index (χ3n) is 2.24. The monoisotopic (exact) mass is 349 g/mol. The highest BCUT2D eigenvalue weighted by molar-refractivity contribution is 5.95. The number of amides is 3. The molecule has 3 amide bonds. The summed E-state index contributed by atoms with van der Waals surface area (Å²) in [5.41, 5.74) is 0. The number of carbonyl (C=O) groups excluding carboxylic acids is 3. The van der Waals surface area contributed by atoms with Crippen LogP contribution in [-0.2, 0) is 14.3 Å². The molecule has 1 heterocycles. The van der Waals surface area contributed by atoms with Gasteiger partial charge in [-0.2, -0.15) is 13.2 Å². The van der Waals surface area contributed by atoms with Crippen LogP contribution in [0.4, 0.5) is 23.9 Å². The number of carbonyl (C=O) groups is 3. The molecule has 0 unspecified atom stereocenters. The Labute approximate surface area is 134 Å². The van der Waals surface area contributed by atoms with Crippen LogP contribution in [-0.4, -0.2) is 53.7 Å². The molecule has 0 radical (unpaired) electrons. The van der Waals surface area contributed by atoms with E-state index in [2.05, 4.69) is 20.0 Å². The molecule has 0 aromatic carbocycles. The molecule has 0 spiro atoms. The second-order valence-corrected chi connectivity index (χ2v) is 4.26. The number of hydrogen-bond acceptors (Lipinski definition) is 7. The predicted molar refractivity (Wildman–Crippen MR) is 73.7 cm³/mol. The summed E-state index contributed by atoms with van der Waals surface area (Å²) in [6, 6.07) is 0.277. The first-order valence-corrected chi connectivity index (χ1v) is 6.57. The number of ether oxygens (including phenoxy) is 1. The summed E-state index contributed by atoms with van der Waals surface area (Å²) in [4.78, 5) is 41.2. The van der Waals surface area contributed by atoms with Crippen molar-refractivity contribution in [3.63, 3.8) is 0 Å². The second-order valence-electron chi connectivity index (χ2n) is 4.26. The summed E-state index contributed by atoms with van der Waals surface area (Å²) in [5.74, 6) is -1.49. The molecule has 0 aliphatic heterocycles. The molecule has 132 valence electrons. The van der Waals surface area contributed by atoms with E-state index in [9.17, 15) is 27.6 Å². The Morgan fingerprint density at radius 1 is 1.17 bits per heavy atom. The van der Waals surface area contributed by atoms with Gasteiger partial charge in [-0.15, -0.1) is 0 Å². The first-order chi connectivity index (χ1) is 11.3. The van der Waals surface area contributed by atoms with Gasteiger partial charge in [-0.1, -0.05) is 0 Å². The van der Waals surface area contributed by atoms with Crippen molar-refractivity contribution >= 4 is 23.9 Å². The zero-order chi connectivity index (χ0) is 18.0. The van der Waals surface area contributed by atoms with Gasteiger partial charge in [0.05, 0.1) is 6.42 Å². The smallest absolute Gasteiger partial charge is 0.405 e. The molecule has 3 N–H and O–H groups in total. The standard InChI is InChI=1S/C12H14F3N5O4/c13-12(14,15)7-19-11(23)20-8(21)6-24-9(22)2-5-18-10-16-3-1-4-17-10/h1,3-4H,2,5-7H2,(H,16,17,18)(H2,19,20,21,23). The Kier molecular flexibility index (Phi) is 7.39. The average molecular weight is 349 g/mol. The van der Waals surface area contributed by atoms with Crippen LogP contribution in [0.25, 0.3) is 0 Å². The van der Waals surface area contributed by atoms with Gasteiger partial charge in [-0.25, -0.2) is 14.8 Å². The molecule has 0 fully saturated rings. The number of urea groups is 1. The Morgan fingerprint density at radius 2 is 1.83 bits per heavy atom. The quantitative estimate of drug-likeness (QED) is 0.602. The molecule has 0 bridgehead atoms. The number of imide groups is 1. The maximum Gasteiger partial charge on any atom is 0.405 e. The second kappa shape index (κ2) is 9.27. The maximum absolute atomic E-state index is 11.8. The molecule has 0 aliphatic carbocycles. The van der Waals surface area contributed by atoms with E-state index in [1.165, 1.54) is 17.7 Å². The molecule has 0 saturated heterocycles. The summed E-state index contributed by atoms with van der Waals surface area (Å²) in [6.45, 7) is -2.23. The lowest BCUT2D eigenvalue weighted by Gasteiger charge is -2.09. The van der Waals surface area contributed by atoms with E-state index in [4.69, 9.17) is 0 Å². The van der Waals surface area contributed by atoms with Gasteiger partial charge in [0.1, 0.15) is 6.54 Å². The van der Waals surface area contributed by atoms with Crippen LogP contribution in [0.15, 0.2) is 18.5 Å². The van der Waals surface area contributed by atoms with Crippen LogP contribution >= 0.6 is 0 Å². The van der Waals surface area contributed by atoms with Gasteiger partial charge in [0.15, 0.2) is 6.61 Å². The molecular weight excluding hydrogens is 335 g/mol. The normalized spacial score (nSPS) is 10.6. The van der Waals surface area contributed by atoms with Gasteiger partial charge >= 0.3 is 18.2 Å². The summed E-state index contributed by atoms with van der Waals surface area (Å²) in [7, 11) is 0. The third-order valence-corrected chi connectivity index (χ3v) is 2.24. The maximum atomic E-state index is 11.8. The van der Waals surface area contributed by atoms with E-state index in [0.29, 0.717) is 5.95 Å². The number of nitrogens with zero attached hydrogens (tertiary/aromatic N) is 2. The van der Waals surface area contributed by atoms with Gasteiger partial charge in [0.25, 0.3) is 5.91 Å². The first-order valence-electron chi connectivity index (χ1n) is 6.57. The Hall–Kier alpha value is -2.92. The highest BCUT2D eigenvalue weighted by Gasteiger charge is 2.28. The van der Waals surface area contributed by atoms with Crippen molar-refractivity contribution in [1.29, 1.82) is 0 Å². The fraction of sp³-hybridized carbons (Fsp3) is 0.417. The topological polar surface area (TPSA) is 122 Å². The van der Waals surface area contributed by atoms with Crippen molar-refractivity contribution in [2.24, 2.45) is 0 Å². The molecule has 1 aromatic rings. The number of nitrogens with one attached hydrogen (secondary N) is 3. The Bertz CT molecular complexity index is 568. The SMILES string of the molecule is O=C(COC(=O)CCNc1ncccn1)NC(=O)NCC(F)(F)F. The van der Waals surface area contributed by atoms with Crippen LogP contribution in [0.1, 0.15) is 6.42 Å². The summed E-state index contributed by atoms with van der Waals surface area (Å²) in [6.07, 6.45) is -1.70. The van der Waals surface area contributed by atoms with Crippen molar-refractivity contribution in [3.8, 4) is 0 Å². The highest BCUT2D eigenvalue weighted by atomic mass is 19.4. The van der Waals surface area contributed by atoms with Crippen molar-refractivity contribution in [2.75, 3.05) is 25.0 Å². The predicted octanol–water partition coefficient (Wildman–Crippen LogP) is 0.210. The highest BCUT2D eigenvalue weighted by Crippen LogP contribution is 2.11. The van der Waals surface area contributed by atoms with Gasteiger partial charge in [-0.3, -0.25) is 14.9 Å².